The highest BCUT2D eigenvalue weighted by Crippen LogP contribution is 2.12. The van der Waals surface area contributed by atoms with E-state index in [2.05, 4.69) is 34.0 Å². The minimum Gasteiger partial charge on any atom is -0.357 e. The van der Waals surface area contributed by atoms with Gasteiger partial charge in [-0.15, -0.1) is 0 Å². The number of hydrogen-bond acceptors (Lipinski definition) is 4. The molecule has 0 radical (unpaired) electrons. The highest BCUT2D eigenvalue weighted by molar-refractivity contribution is 5.41. The van der Waals surface area contributed by atoms with Crippen LogP contribution in [-0.2, 0) is 0 Å². The molecule has 4 nitrogen and oxygen atoms in total. The van der Waals surface area contributed by atoms with Crippen molar-refractivity contribution in [2.45, 2.75) is 19.9 Å². The Kier molecular flexibility index (Phi) is 3.06. The first-order valence-electron chi connectivity index (χ1n) is 4.38. The molecule has 0 saturated carbocycles. The van der Waals surface area contributed by atoms with Gasteiger partial charge in [0.05, 0.1) is 0 Å². The molecule has 0 spiro atoms. The predicted molar refractivity (Wildman–Crippen MR) is 55.1 cm³/mol. The van der Waals surface area contributed by atoms with E-state index in [1.54, 1.807) is 6.20 Å². The number of rotatable bonds is 3. The van der Waals surface area contributed by atoms with Gasteiger partial charge in [0.15, 0.2) is 0 Å². The van der Waals surface area contributed by atoms with Crippen molar-refractivity contribution >= 4 is 11.8 Å². The maximum Gasteiger partial charge on any atom is 0.224 e. The van der Waals surface area contributed by atoms with Crippen molar-refractivity contribution < 1.29 is 0 Å². The molecule has 0 amide bonds. The Balaban J connectivity index is 2.88. The van der Waals surface area contributed by atoms with E-state index in [1.165, 1.54) is 0 Å². The van der Waals surface area contributed by atoms with Crippen LogP contribution < -0.4 is 10.2 Å². The first kappa shape index (κ1) is 9.77. The monoisotopic (exact) mass is 180 g/mol. The third kappa shape index (κ3) is 2.31. The van der Waals surface area contributed by atoms with Gasteiger partial charge in [0.25, 0.3) is 0 Å². The van der Waals surface area contributed by atoms with Gasteiger partial charge in [-0.2, -0.15) is 4.98 Å². The van der Waals surface area contributed by atoms with Crippen LogP contribution in [0.2, 0.25) is 0 Å². The molecule has 72 valence electrons. The lowest BCUT2D eigenvalue weighted by Gasteiger charge is -2.22. The average molecular weight is 180 g/mol. The predicted octanol–water partition coefficient (Wildman–Crippen LogP) is 1.36. The summed E-state index contributed by atoms with van der Waals surface area (Å²) in [7, 11) is 3.83. The zero-order valence-corrected chi connectivity index (χ0v) is 8.57. The van der Waals surface area contributed by atoms with E-state index in [1.807, 2.05) is 20.2 Å². The highest BCUT2D eigenvalue weighted by Gasteiger charge is 2.06. The molecule has 1 aromatic heterocycles. The van der Waals surface area contributed by atoms with Crippen LogP contribution in [0.15, 0.2) is 12.3 Å². The van der Waals surface area contributed by atoms with Crippen LogP contribution >= 0.6 is 0 Å². The van der Waals surface area contributed by atoms with Gasteiger partial charge in [-0.25, -0.2) is 4.98 Å². The Morgan fingerprint density at radius 3 is 2.69 bits per heavy atom. The third-order valence-corrected chi connectivity index (χ3v) is 2.00. The summed E-state index contributed by atoms with van der Waals surface area (Å²) < 4.78 is 0. The summed E-state index contributed by atoms with van der Waals surface area (Å²) >= 11 is 0. The second kappa shape index (κ2) is 4.07. The molecule has 1 heterocycles. The maximum atomic E-state index is 4.32. The van der Waals surface area contributed by atoms with E-state index in [4.69, 9.17) is 0 Å². The van der Waals surface area contributed by atoms with Gasteiger partial charge in [-0.05, 0) is 19.9 Å². The Hall–Kier alpha value is -1.32. The van der Waals surface area contributed by atoms with E-state index in [9.17, 15) is 0 Å². The molecule has 0 fully saturated rings. The van der Waals surface area contributed by atoms with Crippen LogP contribution in [0.5, 0.6) is 0 Å². The topological polar surface area (TPSA) is 41.1 Å². The fourth-order valence-electron chi connectivity index (χ4n) is 0.931. The summed E-state index contributed by atoms with van der Waals surface area (Å²) in [5.41, 5.74) is 0. The van der Waals surface area contributed by atoms with Crippen LogP contribution in [0.1, 0.15) is 13.8 Å². The van der Waals surface area contributed by atoms with Gasteiger partial charge >= 0.3 is 0 Å². The van der Waals surface area contributed by atoms with E-state index < -0.39 is 0 Å². The zero-order valence-electron chi connectivity index (χ0n) is 8.57. The largest absolute Gasteiger partial charge is 0.357 e. The molecule has 0 aromatic carbocycles. The van der Waals surface area contributed by atoms with Crippen molar-refractivity contribution in [3.05, 3.63) is 12.3 Å². The zero-order chi connectivity index (χ0) is 9.84. The second-order valence-electron chi connectivity index (χ2n) is 3.19. The molecule has 0 bridgehead atoms. The lowest BCUT2D eigenvalue weighted by molar-refractivity contribution is 0.742. The van der Waals surface area contributed by atoms with Gasteiger partial charge in [0.2, 0.25) is 5.95 Å². The van der Waals surface area contributed by atoms with Crippen molar-refractivity contribution in [1.29, 1.82) is 0 Å². The lowest BCUT2D eigenvalue weighted by atomic mass is 10.3. The third-order valence-electron chi connectivity index (χ3n) is 2.00. The first-order chi connectivity index (χ1) is 6.15. The highest BCUT2D eigenvalue weighted by atomic mass is 15.2. The standard InChI is InChI=1S/C9H16N4/c1-7(2)13(4)8-5-6-11-9(10-3)12-8/h5-7H,1-4H3,(H,10,11,12). The Bertz CT molecular complexity index is 272. The minimum absolute atomic E-state index is 0.444. The summed E-state index contributed by atoms with van der Waals surface area (Å²) in [6.45, 7) is 4.25. The molecular weight excluding hydrogens is 164 g/mol. The van der Waals surface area contributed by atoms with Crippen LogP contribution in [0.3, 0.4) is 0 Å². The van der Waals surface area contributed by atoms with Crippen molar-refractivity contribution in [3.8, 4) is 0 Å². The maximum absolute atomic E-state index is 4.32. The van der Waals surface area contributed by atoms with E-state index >= 15 is 0 Å². The van der Waals surface area contributed by atoms with Crippen molar-refractivity contribution in [3.63, 3.8) is 0 Å². The quantitative estimate of drug-likeness (QED) is 0.762. The first-order valence-corrected chi connectivity index (χ1v) is 4.38. The molecule has 1 rings (SSSR count). The van der Waals surface area contributed by atoms with Gasteiger partial charge in [0, 0.05) is 26.3 Å². The average Bonchev–Trinajstić information content (AvgIpc) is 2.16. The molecule has 0 saturated heterocycles. The fourth-order valence-corrected chi connectivity index (χ4v) is 0.931. The molecule has 0 aliphatic heterocycles. The van der Waals surface area contributed by atoms with E-state index in [-0.39, 0.29) is 0 Å². The Labute approximate surface area is 79.0 Å². The molecule has 0 atom stereocenters. The second-order valence-corrected chi connectivity index (χ2v) is 3.19. The van der Waals surface area contributed by atoms with E-state index in [0.717, 1.165) is 5.82 Å². The molecule has 0 aliphatic rings. The number of nitrogens with one attached hydrogen (secondary N) is 1. The minimum atomic E-state index is 0.444. The number of aromatic nitrogens is 2. The molecular formula is C9H16N4. The molecule has 13 heavy (non-hydrogen) atoms. The van der Waals surface area contributed by atoms with Crippen molar-refractivity contribution in [1.82, 2.24) is 9.97 Å². The Morgan fingerprint density at radius 2 is 2.15 bits per heavy atom. The molecule has 1 aromatic rings. The van der Waals surface area contributed by atoms with Gasteiger partial charge in [-0.3, -0.25) is 0 Å². The number of nitrogens with zero attached hydrogens (tertiary/aromatic N) is 3. The normalized spacial score (nSPS) is 10.2. The molecule has 1 N–H and O–H groups in total. The molecule has 0 aliphatic carbocycles. The van der Waals surface area contributed by atoms with Gasteiger partial charge in [-0.1, -0.05) is 0 Å². The number of anilines is 2. The van der Waals surface area contributed by atoms with Crippen molar-refractivity contribution in [2.24, 2.45) is 0 Å². The van der Waals surface area contributed by atoms with Crippen molar-refractivity contribution in [2.75, 3.05) is 24.3 Å². The number of hydrogen-bond donors (Lipinski definition) is 1. The van der Waals surface area contributed by atoms with Crippen LogP contribution in [0.4, 0.5) is 11.8 Å². The molecule has 4 heteroatoms. The fraction of sp³-hybridized carbons (Fsp3) is 0.556. The van der Waals surface area contributed by atoms with Crippen LogP contribution in [-0.4, -0.2) is 30.1 Å². The summed E-state index contributed by atoms with van der Waals surface area (Å²) in [6, 6.07) is 2.35. The smallest absolute Gasteiger partial charge is 0.224 e. The summed E-state index contributed by atoms with van der Waals surface area (Å²) in [5, 5.41) is 2.91. The lowest BCUT2D eigenvalue weighted by Crippen LogP contribution is -2.26. The van der Waals surface area contributed by atoms with E-state index in [0.29, 0.717) is 12.0 Å². The SMILES string of the molecule is CNc1nccc(N(C)C(C)C)n1. The summed E-state index contributed by atoms with van der Waals surface area (Å²) in [5.74, 6) is 1.60. The summed E-state index contributed by atoms with van der Waals surface area (Å²) in [4.78, 5) is 10.5. The Morgan fingerprint density at radius 1 is 1.46 bits per heavy atom. The summed E-state index contributed by atoms with van der Waals surface area (Å²) in [6.07, 6.45) is 1.76. The van der Waals surface area contributed by atoms with Gasteiger partial charge < -0.3 is 10.2 Å². The van der Waals surface area contributed by atoms with Gasteiger partial charge in [0.1, 0.15) is 5.82 Å². The molecule has 0 unspecified atom stereocenters. The van der Waals surface area contributed by atoms with Crippen LogP contribution in [0, 0.1) is 0 Å². The van der Waals surface area contributed by atoms with Crippen LogP contribution in [0.25, 0.3) is 0 Å².